The van der Waals surface area contributed by atoms with Crippen LogP contribution in [0.3, 0.4) is 0 Å². The first-order chi connectivity index (χ1) is 14.6. The maximum atomic E-state index is 12.5. The molecule has 0 aromatic heterocycles. The van der Waals surface area contributed by atoms with E-state index in [2.05, 4.69) is 43.3 Å². The van der Waals surface area contributed by atoms with Crippen molar-refractivity contribution >= 4 is 33.4 Å². The Bertz CT molecular complexity index is 1270. The van der Waals surface area contributed by atoms with E-state index in [4.69, 9.17) is 4.74 Å². The first-order valence-corrected chi connectivity index (χ1v) is 10.1. The number of imide groups is 1. The largest absolute Gasteiger partial charge is 0.492 e. The number of aryl methyl sites for hydroxylation is 1. The molecule has 30 heavy (non-hydrogen) atoms. The van der Waals surface area contributed by atoms with E-state index in [-0.39, 0.29) is 11.8 Å². The Morgan fingerprint density at radius 2 is 1.43 bits per heavy atom. The maximum absolute atomic E-state index is 12.5. The highest BCUT2D eigenvalue weighted by molar-refractivity contribution is 6.21. The van der Waals surface area contributed by atoms with E-state index in [1.54, 1.807) is 24.3 Å². The molecule has 4 aromatic carbocycles. The van der Waals surface area contributed by atoms with Gasteiger partial charge in [-0.2, -0.15) is 0 Å². The molecule has 2 amide bonds. The summed E-state index contributed by atoms with van der Waals surface area (Å²) >= 11 is 0. The van der Waals surface area contributed by atoms with Crippen LogP contribution in [0.15, 0.2) is 72.8 Å². The second kappa shape index (κ2) is 7.30. The van der Waals surface area contributed by atoms with Crippen LogP contribution < -0.4 is 4.74 Å². The molecule has 0 unspecified atom stereocenters. The molecule has 0 N–H and O–H groups in total. The van der Waals surface area contributed by atoms with Gasteiger partial charge >= 0.3 is 0 Å². The molecule has 1 aliphatic rings. The first-order valence-electron chi connectivity index (χ1n) is 10.1. The molecule has 4 aromatic rings. The number of hydrogen-bond acceptors (Lipinski definition) is 3. The smallest absolute Gasteiger partial charge is 0.261 e. The minimum Gasteiger partial charge on any atom is -0.492 e. The molecular formula is C26H21NO3. The van der Waals surface area contributed by atoms with Gasteiger partial charge in [-0.15, -0.1) is 0 Å². The standard InChI is InChI=1S/C26H21NO3/c1-17-11-12-19-16-18-7-2-3-8-20(18)24(23(19)15-17)30-14-6-13-27-25(28)21-9-4-5-10-22(21)26(27)29/h2-5,7-12,15-16H,6,13-14H2,1H3. The Hall–Kier alpha value is -3.66. The lowest BCUT2D eigenvalue weighted by atomic mass is 10.0. The van der Waals surface area contributed by atoms with E-state index in [0.717, 1.165) is 27.3 Å². The fraction of sp³-hybridized carbons (Fsp3) is 0.154. The topological polar surface area (TPSA) is 46.6 Å². The van der Waals surface area contributed by atoms with Crippen LogP contribution in [0.1, 0.15) is 32.7 Å². The molecule has 0 radical (unpaired) electrons. The second-order valence-corrected chi connectivity index (χ2v) is 7.66. The third kappa shape index (κ3) is 3.01. The number of nitrogens with zero attached hydrogens (tertiary/aromatic N) is 1. The Balaban J connectivity index is 1.36. The van der Waals surface area contributed by atoms with E-state index >= 15 is 0 Å². The average molecular weight is 395 g/mol. The van der Waals surface area contributed by atoms with Crippen LogP contribution in [0.2, 0.25) is 0 Å². The van der Waals surface area contributed by atoms with Crippen molar-refractivity contribution in [1.29, 1.82) is 0 Å². The Kier molecular flexibility index (Phi) is 4.47. The average Bonchev–Trinajstić information content (AvgIpc) is 3.01. The van der Waals surface area contributed by atoms with Gasteiger partial charge < -0.3 is 4.74 Å². The van der Waals surface area contributed by atoms with E-state index in [1.165, 1.54) is 10.5 Å². The summed E-state index contributed by atoms with van der Waals surface area (Å²) in [5.41, 5.74) is 2.14. The Labute approximate surface area is 174 Å². The number of fused-ring (bicyclic) bond motifs is 3. The monoisotopic (exact) mass is 395 g/mol. The molecular weight excluding hydrogens is 374 g/mol. The van der Waals surface area contributed by atoms with Gasteiger partial charge in [-0.25, -0.2) is 0 Å². The lowest BCUT2D eigenvalue weighted by Gasteiger charge is -2.16. The second-order valence-electron chi connectivity index (χ2n) is 7.66. The van der Waals surface area contributed by atoms with Crippen LogP contribution in [-0.2, 0) is 0 Å². The summed E-state index contributed by atoms with van der Waals surface area (Å²) in [5.74, 6) is 0.415. The molecule has 4 heteroatoms. The van der Waals surface area contributed by atoms with Gasteiger partial charge in [0.15, 0.2) is 0 Å². The summed E-state index contributed by atoms with van der Waals surface area (Å²) in [6.45, 7) is 2.83. The zero-order valence-electron chi connectivity index (χ0n) is 16.7. The number of ether oxygens (including phenoxy) is 1. The molecule has 0 saturated carbocycles. The quantitative estimate of drug-likeness (QED) is 0.259. The Morgan fingerprint density at radius 1 is 0.767 bits per heavy atom. The van der Waals surface area contributed by atoms with Gasteiger partial charge in [-0.05, 0) is 48.4 Å². The van der Waals surface area contributed by atoms with E-state index < -0.39 is 0 Å². The molecule has 0 saturated heterocycles. The van der Waals surface area contributed by atoms with Gasteiger partial charge in [0, 0.05) is 17.3 Å². The third-order valence-corrected chi connectivity index (χ3v) is 5.62. The molecule has 1 aliphatic heterocycles. The highest BCUT2D eigenvalue weighted by Crippen LogP contribution is 2.35. The fourth-order valence-electron chi connectivity index (χ4n) is 4.13. The molecule has 0 aliphatic carbocycles. The van der Waals surface area contributed by atoms with Crippen LogP contribution in [0.4, 0.5) is 0 Å². The molecule has 4 nitrogen and oxygen atoms in total. The minimum absolute atomic E-state index is 0.221. The molecule has 0 fully saturated rings. The van der Waals surface area contributed by atoms with Gasteiger partial charge in [0.2, 0.25) is 0 Å². The molecule has 0 atom stereocenters. The molecule has 5 rings (SSSR count). The zero-order chi connectivity index (χ0) is 20.7. The summed E-state index contributed by atoms with van der Waals surface area (Å²) in [7, 11) is 0. The van der Waals surface area contributed by atoms with Crippen LogP contribution in [0, 0.1) is 6.92 Å². The van der Waals surface area contributed by atoms with Crippen molar-refractivity contribution < 1.29 is 14.3 Å². The number of carbonyl (C=O) groups is 2. The van der Waals surface area contributed by atoms with Crippen molar-refractivity contribution in [2.45, 2.75) is 13.3 Å². The SMILES string of the molecule is Cc1ccc2cc3ccccc3c(OCCCN3C(=O)c4ccccc4C3=O)c2c1. The summed E-state index contributed by atoms with van der Waals surface area (Å²) < 4.78 is 6.25. The van der Waals surface area contributed by atoms with Gasteiger partial charge in [-0.3, -0.25) is 14.5 Å². The lowest BCUT2D eigenvalue weighted by Crippen LogP contribution is -2.31. The van der Waals surface area contributed by atoms with Crippen molar-refractivity contribution in [3.05, 3.63) is 89.5 Å². The third-order valence-electron chi connectivity index (χ3n) is 5.62. The maximum Gasteiger partial charge on any atom is 0.261 e. The van der Waals surface area contributed by atoms with Gasteiger partial charge in [-0.1, -0.05) is 54.1 Å². The first kappa shape index (κ1) is 18.4. The summed E-state index contributed by atoms with van der Waals surface area (Å²) in [4.78, 5) is 26.4. The summed E-state index contributed by atoms with van der Waals surface area (Å²) in [5, 5.41) is 4.41. The number of rotatable bonds is 5. The van der Waals surface area contributed by atoms with Crippen LogP contribution in [0.25, 0.3) is 21.5 Å². The molecule has 1 heterocycles. The molecule has 0 bridgehead atoms. The molecule has 148 valence electrons. The zero-order valence-corrected chi connectivity index (χ0v) is 16.7. The number of carbonyl (C=O) groups excluding carboxylic acids is 2. The fourth-order valence-corrected chi connectivity index (χ4v) is 4.13. The number of amides is 2. The summed E-state index contributed by atoms with van der Waals surface area (Å²) in [6.07, 6.45) is 0.571. The van der Waals surface area contributed by atoms with Gasteiger partial charge in [0.1, 0.15) is 5.75 Å². The molecule has 0 spiro atoms. The lowest BCUT2D eigenvalue weighted by molar-refractivity contribution is 0.0647. The van der Waals surface area contributed by atoms with Crippen molar-refractivity contribution in [2.75, 3.05) is 13.2 Å². The van der Waals surface area contributed by atoms with Crippen molar-refractivity contribution in [3.8, 4) is 5.75 Å². The van der Waals surface area contributed by atoms with Crippen LogP contribution >= 0.6 is 0 Å². The highest BCUT2D eigenvalue weighted by atomic mass is 16.5. The van der Waals surface area contributed by atoms with Crippen LogP contribution in [0.5, 0.6) is 5.75 Å². The van der Waals surface area contributed by atoms with Crippen LogP contribution in [-0.4, -0.2) is 29.9 Å². The summed E-state index contributed by atoms with van der Waals surface area (Å²) in [6, 6.07) is 23.7. The highest BCUT2D eigenvalue weighted by Gasteiger charge is 2.34. The minimum atomic E-state index is -0.221. The van der Waals surface area contributed by atoms with Crippen molar-refractivity contribution in [1.82, 2.24) is 4.90 Å². The normalized spacial score (nSPS) is 13.3. The van der Waals surface area contributed by atoms with Crippen molar-refractivity contribution in [2.24, 2.45) is 0 Å². The predicted octanol–water partition coefficient (Wildman–Crippen LogP) is 5.37. The van der Waals surface area contributed by atoms with E-state index in [0.29, 0.717) is 30.7 Å². The Morgan fingerprint density at radius 3 is 2.20 bits per heavy atom. The number of hydrogen-bond donors (Lipinski definition) is 0. The van der Waals surface area contributed by atoms with Gasteiger partial charge in [0.05, 0.1) is 17.7 Å². The van der Waals surface area contributed by atoms with Gasteiger partial charge in [0.25, 0.3) is 11.8 Å². The number of benzene rings is 4. The van der Waals surface area contributed by atoms with E-state index in [9.17, 15) is 9.59 Å². The van der Waals surface area contributed by atoms with E-state index in [1.807, 2.05) is 12.1 Å². The van der Waals surface area contributed by atoms with Crippen molar-refractivity contribution in [3.63, 3.8) is 0 Å². The predicted molar refractivity (Wildman–Crippen MR) is 118 cm³/mol.